The fraction of sp³-hybridized carbons (Fsp3) is 0.120. The van der Waals surface area contributed by atoms with Crippen LogP contribution in [0.1, 0.15) is 29.2 Å². The summed E-state index contributed by atoms with van der Waals surface area (Å²) in [6.07, 6.45) is 1.81. The van der Waals surface area contributed by atoms with Crippen molar-refractivity contribution >= 4 is 23.0 Å². The van der Waals surface area contributed by atoms with E-state index in [9.17, 15) is 0 Å². The van der Waals surface area contributed by atoms with Crippen LogP contribution in [0.4, 0.5) is 5.69 Å². The van der Waals surface area contributed by atoms with Gasteiger partial charge in [0.2, 0.25) is 0 Å². The van der Waals surface area contributed by atoms with Gasteiger partial charge in [-0.2, -0.15) is 0 Å². The average Bonchev–Trinajstić information content (AvgIpc) is 3.38. The Labute approximate surface area is 186 Å². The van der Waals surface area contributed by atoms with E-state index in [-0.39, 0.29) is 12.1 Å². The second-order valence-electron chi connectivity index (χ2n) is 7.50. The number of aryl methyl sites for hydroxylation is 1. The maximum absolute atomic E-state index is 5.94. The number of para-hydroxylation sites is 1. The van der Waals surface area contributed by atoms with Gasteiger partial charge in [-0.25, -0.2) is 0 Å². The van der Waals surface area contributed by atoms with Crippen LogP contribution >= 0.6 is 12.2 Å². The number of H-pyrrole nitrogens is 1. The summed E-state index contributed by atoms with van der Waals surface area (Å²) in [5.41, 5.74) is 4.14. The maximum Gasteiger partial charge on any atom is 0.174 e. The quantitative estimate of drug-likeness (QED) is 0.402. The molecule has 5 nitrogen and oxygen atoms in total. The molecule has 1 aliphatic heterocycles. The molecule has 2 aromatic heterocycles. The van der Waals surface area contributed by atoms with Gasteiger partial charge in [-0.05, 0) is 79.8 Å². The predicted molar refractivity (Wildman–Crippen MR) is 126 cm³/mol. The molecular weight excluding hydrogens is 404 g/mol. The monoisotopic (exact) mass is 426 g/mol. The van der Waals surface area contributed by atoms with Gasteiger partial charge in [0.15, 0.2) is 5.11 Å². The molecule has 31 heavy (non-hydrogen) atoms. The lowest BCUT2D eigenvalue weighted by atomic mass is 10.0. The van der Waals surface area contributed by atoms with Crippen molar-refractivity contribution in [3.8, 4) is 11.5 Å². The zero-order valence-electron chi connectivity index (χ0n) is 17.0. The van der Waals surface area contributed by atoms with Crippen LogP contribution in [0.2, 0.25) is 0 Å². The fourth-order valence-electron chi connectivity index (χ4n) is 3.95. The number of pyridine rings is 1. The summed E-state index contributed by atoms with van der Waals surface area (Å²) in [5.74, 6) is 1.59. The number of benzene rings is 2. The second kappa shape index (κ2) is 8.24. The predicted octanol–water partition coefficient (Wildman–Crippen LogP) is 5.69. The number of rotatable bonds is 5. The number of hydrogen-bond donors (Lipinski definition) is 2. The highest BCUT2D eigenvalue weighted by molar-refractivity contribution is 7.80. The van der Waals surface area contributed by atoms with E-state index in [1.807, 2.05) is 79.0 Å². The number of aromatic amines is 1. The molecule has 154 valence electrons. The van der Waals surface area contributed by atoms with Gasteiger partial charge >= 0.3 is 0 Å². The summed E-state index contributed by atoms with van der Waals surface area (Å²) in [6, 6.07) is 27.8. The molecule has 0 spiro atoms. The molecule has 0 saturated carbocycles. The van der Waals surface area contributed by atoms with Gasteiger partial charge in [-0.15, -0.1) is 0 Å². The van der Waals surface area contributed by atoms with E-state index in [2.05, 4.69) is 39.2 Å². The van der Waals surface area contributed by atoms with Crippen molar-refractivity contribution in [1.82, 2.24) is 15.3 Å². The normalized spacial score (nSPS) is 18.1. The first-order valence-corrected chi connectivity index (χ1v) is 10.6. The molecule has 0 radical (unpaired) electrons. The lowest BCUT2D eigenvalue weighted by molar-refractivity contribution is 0.482. The van der Waals surface area contributed by atoms with Crippen molar-refractivity contribution in [2.75, 3.05) is 4.90 Å². The van der Waals surface area contributed by atoms with Crippen LogP contribution in [0.25, 0.3) is 0 Å². The van der Waals surface area contributed by atoms with Crippen LogP contribution in [-0.2, 0) is 0 Å². The van der Waals surface area contributed by atoms with E-state index in [0.717, 1.165) is 34.3 Å². The fourth-order valence-corrected chi connectivity index (χ4v) is 4.29. The van der Waals surface area contributed by atoms with Gasteiger partial charge in [0.25, 0.3) is 0 Å². The molecule has 6 heteroatoms. The lowest BCUT2D eigenvalue weighted by Crippen LogP contribution is -2.29. The summed E-state index contributed by atoms with van der Waals surface area (Å²) in [6.45, 7) is 2.06. The smallest absolute Gasteiger partial charge is 0.174 e. The summed E-state index contributed by atoms with van der Waals surface area (Å²) < 4.78 is 5.94. The third kappa shape index (κ3) is 3.90. The number of ether oxygens (including phenoxy) is 1. The molecule has 0 unspecified atom stereocenters. The Morgan fingerprint density at radius 2 is 1.61 bits per heavy atom. The molecule has 0 aliphatic carbocycles. The van der Waals surface area contributed by atoms with Crippen LogP contribution in [0.5, 0.6) is 11.5 Å². The first-order valence-electron chi connectivity index (χ1n) is 10.2. The third-order valence-electron chi connectivity index (χ3n) is 5.36. The van der Waals surface area contributed by atoms with Gasteiger partial charge in [0, 0.05) is 23.3 Å². The van der Waals surface area contributed by atoms with E-state index in [1.165, 1.54) is 0 Å². The largest absolute Gasteiger partial charge is 0.457 e. The Morgan fingerprint density at radius 3 is 2.29 bits per heavy atom. The van der Waals surface area contributed by atoms with Crippen LogP contribution in [0.3, 0.4) is 0 Å². The topological polar surface area (TPSA) is 53.2 Å². The summed E-state index contributed by atoms with van der Waals surface area (Å²) in [7, 11) is 0. The summed E-state index contributed by atoms with van der Waals surface area (Å²) in [5, 5.41) is 4.15. The van der Waals surface area contributed by atoms with E-state index in [0.29, 0.717) is 5.11 Å². The average molecular weight is 427 g/mol. The Morgan fingerprint density at radius 1 is 0.871 bits per heavy atom. The minimum Gasteiger partial charge on any atom is -0.457 e. The molecule has 5 rings (SSSR count). The minimum atomic E-state index is -0.0630. The molecule has 1 aliphatic rings. The van der Waals surface area contributed by atoms with Crippen LogP contribution in [-0.4, -0.2) is 15.1 Å². The van der Waals surface area contributed by atoms with Crippen molar-refractivity contribution in [1.29, 1.82) is 0 Å². The molecule has 2 atom stereocenters. The Bertz CT molecular complexity index is 1180. The van der Waals surface area contributed by atoms with E-state index >= 15 is 0 Å². The second-order valence-corrected chi connectivity index (χ2v) is 7.89. The molecule has 0 amide bonds. The molecule has 1 saturated heterocycles. The third-order valence-corrected chi connectivity index (χ3v) is 5.68. The number of nitrogens with zero attached hydrogens (tertiary/aromatic N) is 2. The number of aromatic nitrogens is 2. The molecule has 4 aromatic rings. The highest BCUT2D eigenvalue weighted by Gasteiger charge is 2.41. The number of anilines is 1. The van der Waals surface area contributed by atoms with Crippen LogP contribution < -0.4 is 15.0 Å². The van der Waals surface area contributed by atoms with Crippen LogP contribution in [0, 0.1) is 6.92 Å². The van der Waals surface area contributed by atoms with Gasteiger partial charge in [-0.1, -0.05) is 24.3 Å². The van der Waals surface area contributed by atoms with Crippen molar-refractivity contribution in [3.05, 3.63) is 108 Å². The van der Waals surface area contributed by atoms with Crippen LogP contribution in [0.15, 0.2) is 91.1 Å². The van der Waals surface area contributed by atoms with Crippen molar-refractivity contribution in [3.63, 3.8) is 0 Å². The van der Waals surface area contributed by atoms with Crippen molar-refractivity contribution in [2.45, 2.75) is 19.0 Å². The zero-order valence-corrected chi connectivity index (χ0v) is 17.8. The van der Waals surface area contributed by atoms with Gasteiger partial charge < -0.3 is 19.9 Å². The van der Waals surface area contributed by atoms with E-state index < -0.39 is 0 Å². The highest BCUT2D eigenvalue weighted by Crippen LogP contribution is 2.41. The number of nitrogens with one attached hydrogen (secondary N) is 2. The molecule has 0 bridgehead atoms. The molecule has 3 heterocycles. The molecule has 2 aromatic carbocycles. The molecular formula is C25H22N4OS. The number of hydrogen-bond acceptors (Lipinski definition) is 3. The van der Waals surface area contributed by atoms with E-state index in [4.69, 9.17) is 17.0 Å². The summed E-state index contributed by atoms with van der Waals surface area (Å²) in [4.78, 5) is 10.2. The Balaban J connectivity index is 1.48. The van der Waals surface area contributed by atoms with E-state index in [1.54, 1.807) is 0 Å². The highest BCUT2D eigenvalue weighted by atomic mass is 32.1. The van der Waals surface area contributed by atoms with Gasteiger partial charge in [0.05, 0.1) is 11.7 Å². The molecule has 1 fully saturated rings. The first kappa shape index (κ1) is 19.3. The SMILES string of the molecule is Cc1ccc([C@@H]2[C@@H](c3ccccn3)NC(=S)N2c2ccc(Oc3ccccc3)cc2)[nH]1. The summed E-state index contributed by atoms with van der Waals surface area (Å²) >= 11 is 5.76. The van der Waals surface area contributed by atoms with Crippen molar-refractivity contribution < 1.29 is 4.74 Å². The zero-order chi connectivity index (χ0) is 21.2. The standard InChI is InChI=1S/C25H22N4OS/c1-17-10-15-22(27-17)24-23(21-9-5-6-16-26-21)28-25(31)29(24)18-11-13-20(14-12-18)30-19-7-3-2-4-8-19/h2-16,23-24,27H,1H3,(H,28,31)/t23-,24-/m1/s1. The number of thiocarbonyl (C=S) groups is 1. The Kier molecular flexibility index (Phi) is 5.14. The maximum atomic E-state index is 5.94. The van der Waals surface area contributed by atoms with Gasteiger partial charge in [0.1, 0.15) is 17.5 Å². The lowest BCUT2D eigenvalue weighted by Gasteiger charge is -2.27. The molecule has 2 N–H and O–H groups in total. The van der Waals surface area contributed by atoms with Gasteiger partial charge in [-0.3, -0.25) is 4.98 Å². The minimum absolute atomic E-state index is 0.0445. The Hall–Kier alpha value is -3.64. The van der Waals surface area contributed by atoms with Crippen molar-refractivity contribution in [2.24, 2.45) is 0 Å². The first-order chi connectivity index (χ1) is 15.2.